The number of fused-ring (bicyclic) bond motifs is 2. The SMILES string of the molecule is CC1(C)CN(CC2CCN(c3ccc4c(c3F)CN(C3CCC(=O)NC3=O)C4=O)CC2)CCN1CC1CCN(c2cc(-c3n[nH]c4ccc(O)cc34)ncn2)CC1. The van der Waals surface area contributed by atoms with Crippen LogP contribution in [0.25, 0.3) is 22.3 Å². The van der Waals surface area contributed by atoms with Crippen molar-refractivity contribution < 1.29 is 23.9 Å². The molecule has 3 N–H and O–H groups in total. The van der Waals surface area contributed by atoms with Gasteiger partial charge in [0.25, 0.3) is 5.91 Å². The first kappa shape index (κ1) is 37.4. The number of nitrogens with zero attached hydrogens (tertiary/aromatic N) is 8. The molecule has 0 spiro atoms. The fourth-order valence-corrected chi connectivity index (χ4v) is 9.85. The van der Waals surface area contributed by atoms with Crippen molar-refractivity contribution in [2.75, 3.05) is 68.7 Å². The summed E-state index contributed by atoms with van der Waals surface area (Å²) in [5, 5.41) is 20.7. The number of phenols is 1. The van der Waals surface area contributed by atoms with Crippen molar-refractivity contribution in [2.24, 2.45) is 11.8 Å². The van der Waals surface area contributed by atoms with Gasteiger partial charge < -0.3 is 19.8 Å². The van der Waals surface area contributed by atoms with Gasteiger partial charge in [0.2, 0.25) is 11.8 Å². The van der Waals surface area contributed by atoms with Gasteiger partial charge in [-0.2, -0.15) is 5.10 Å². The monoisotopic (exact) mass is 778 g/mol. The molecule has 0 saturated carbocycles. The van der Waals surface area contributed by atoms with E-state index in [4.69, 9.17) is 0 Å². The number of carbonyl (C=O) groups excluding carboxylic acids is 3. The van der Waals surface area contributed by atoms with E-state index in [1.54, 1.807) is 30.6 Å². The van der Waals surface area contributed by atoms with E-state index in [0.717, 1.165) is 107 Å². The van der Waals surface area contributed by atoms with E-state index >= 15 is 4.39 Å². The maximum Gasteiger partial charge on any atom is 0.255 e. The Morgan fingerprint density at radius 1 is 0.877 bits per heavy atom. The smallest absolute Gasteiger partial charge is 0.255 e. The number of aromatic amines is 1. The maximum atomic E-state index is 16.0. The summed E-state index contributed by atoms with van der Waals surface area (Å²) in [6, 6.07) is 9.83. The number of aromatic hydroxyl groups is 1. The lowest BCUT2D eigenvalue weighted by atomic mass is 9.90. The lowest BCUT2D eigenvalue weighted by Gasteiger charge is -2.50. The predicted octanol–water partition coefficient (Wildman–Crippen LogP) is 4.15. The number of nitrogens with one attached hydrogen (secondary N) is 2. The third-order valence-corrected chi connectivity index (χ3v) is 13.1. The molecule has 14 nitrogen and oxygen atoms in total. The number of rotatable bonds is 8. The Bertz CT molecular complexity index is 2190. The van der Waals surface area contributed by atoms with Crippen molar-refractivity contribution in [3.63, 3.8) is 0 Å². The van der Waals surface area contributed by atoms with E-state index in [1.807, 2.05) is 12.1 Å². The molecule has 3 amide bonds. The summed E-state index contributed by atoms with van der Waals surface area (Å²) >= 11 is 0. The van der Waals surface area contributed by atoms with Crippen molar-refractivity contribution in [3.05, 3.63) is 59.7 Å². The summed E-state index contributed by atoms with van der Waals surface area (Å²) in [5.74, 6) is 0.701. The molecule has 0 bridgehead atoms. The molecule has 300 valence electrons. The second-order valence-electron chi connectivity index (χ2n) is 17.2. The first-order valence-corrected chi connectivity index (χ1v) is 20.4. The number of benzene rings is 2. The van der Waals surface area contributed by atoms with Crippen LogP contribution in [0, 0.1) is 17.7 Å². The van der Waals surface area contributed by atoms with Crippen LogP contribution >= 0.6 is 0 Å². The topological polar surface area (TPSA) is 154 Å². The van der Waals surface area contributed by atoms with Gasteiger partial charge in [-0.25, -0.2) is 14.4 Å². The second kappa shape index (κ2) is 15.0. The highest BCUT2D eigenvalue weighted by Crippen LogP contribution is 2.36. The molecule has 7 heterocycles. The number of halogens is 1. The minimum atomic E-state index is -0.758. The van der Waals surface area contributed by atoms with E-state index in [9.17, 15) is 19.5 Å². The van der Waals surface area contributed by atoms with Gasteiger partial charge >= 0.3 is 0 Å². The molecule has 2 aromatic carbocycles. The van der Waals surface area contributed by atoms with Crippen LogP contribution in [0.1, 0.15) is 68.3 Å². The molecule has 1 unspecified atom stereocenters. The summed E-state index contributed by atoms with van der Waals surface area (Å²) in [7, 11) is 0. The number of phenolic OH excluding ortho intramolecular Hbond substituents is 1. The van der Waals surface area contributed by atoms with Gasteiger partial charge in [-0.15, -0.1) is 0 Å². The van der Waals surface area contributed by atoms with Crippen LogP contribution in [0.5, 0.6) is 5.75 Å². The highest BCUT2D eigenvalue weighted by atomic mass is 19.1. The lowest BCUT2D eigenvalue weighted by molar-refractivity contribution is -0.136. The van der Waals surface area contributed by atoms with E-state index < -0.39 is 11.9 Å². The molecule has 4 aromatic rings. The standard InChI is InChI=1S/C42H51FN10O4/c1-42(2)24-49(21-26-9-13-50(14-10-26)34-6-4-29-31(38(34)43)23-53(41(29)57)35-7-8-37(55)46-40(35)56)17-18-52(42)22-27-11-15-51(16-12-27)36-20-33(44-25-45-36)39-30-19-28(54)3-5-32(30)47-48-39/h3-6,19-20,25-27,35,54H,7-18,21-24H2,1-2H3,(H,47,48)(H,46,55,56). The van der Waals surface area contributed by atoms with Crippen molar-refractivity contribution >= 4 is 40.1 Å². The van der Waals surface area contributed by atoms with Gasteiger partial charge in [-0.05, 0) is 88.1 Å². The quantitative estimate of drug-likeness (QED) is 0.221. The highest BCUT2D eigenvalue weighted by Gasteiger charge is 2.41. The number of aromatic nitrogens is 4. The summed E-state index contributed by atoms with van der Waals surface area (Å²) < 4.78 is 16.0. The molecule has 4 fully saturated rings. The van der Waals surface area contributed by atoms with Gasteiger partial charge in [0.05, 0.1) is 23.4 Å². The number of piperidine rings is 3. The molecule has 9 rings (SSSR count). The second-order valence-corrected chi connectivity index (χ2v) is 17.2. The normalized spacial score (nSPS) is 22.8. The van der Waals surface area contributed by atoms with Crippen LogP contribution in [0.3, 0.4) is 0 Å². The van der Waals surface area contributed by atoms with Gasteiger partial charge in [-0.3, -0.25) is 34.6 Å². The largest absolute Gasteiger partial charge is 0.508 e. The minimum Gasteiger partial charge on any atom is -0.508 e. The molecule has 1 atom stereocenters. The first-order chi connectivity index (χ1) is 27.5. The number of anilines is 2. The number of carbonyl (C=O) groups is 3. The summed E-state index contributed by atoms with van der Waals surface area (Å²) in [6.07, 6.45) is 6.19. The fraction of sp³-hybridized carbons (Fsp3) is 0.524. The number of imide groups is 1. The Balaban J connectivity index is 0.744. The summed E-state index contributed by atoms with van der Waals surface area (Å²) in [4.78, 5) is 57.6. The van der Waals surface area contributed by atoms with Gasteiger partial charge in [-0.1, -0.05) is 0 Å². The summed E-state index contributed by atoms with van der Waals surface area (Å²) in [6.45, 7) is 13.4. The number of hydrogen-bond acceptors (Lipinski definition) is 11. The molecule has 57 heavy (non-hydrogen) atoms. The lowest BCUT2D eigenvalue weighted by Crippen LogP contribution is -2.61. The van der Waals surface area contributed by atoms with Crippen LogP contribution in [-0.4, -0.2) is 128 Å². The molecule has 5 aliphatic rings. The number of amides is 3. The molecular weight excluding hydrogens is 728 g/mol. The van der Waals surface area contributed by atoms with Gasteiger partial charge in [0.1, 0.15) is 29.6 Å². The van der Waals surface area contributed by atoms with Crippen molar-refractivity contribution in [3.8, 4) is 17.1 Å². The average Bonchev–Trinajstić information content (AvgIpc) is 3.77. The Kier molecular flexibility index (Phi) is 9.84. The molecular formula is C42H51FN10O4. The average molecular weight is 779 g/mol. The Hall–Kier alpha value is -5.15. The Labute approximate surface area is 331 Å². The third kappa shape index (κ3) is 7.31. The van der Waals surface area contributed by atoms with Crippen LogP contribution in [0.4, 0.5) is 15.9 Å². The zero-order valence-corrected chi connectivity index (χ0v) is 32.7. The predicted molar refractivity (Wildman–Crippen MR) is 213 cm³/mol. The van der Waals surface area contributed by atoms with Crippen LogP contribution in [-0.2, 0) is 16.1 Å². The number of piperazine rings is 1. The molecule has 5 aliphatic heterocycles. The molecule has 2 aromatic heterocycles. The molecule has 4 saturated heterocycles. The van der Waals surface area contributed by atoms with Crippen molar-refractivity contribution in [1.82, 2.24) is 40.2 Å². The zero-order valence-electron chi connectivity index (χ0n) is 32.7. The van der Waals surface area contributed by atoms with E-state index in [0.29, 0.717) is 34.3 Å². The Morgan fingerprint density at radius 3 is 2.39 bits per heavy atom. The van der Waals surface area contributed by atoms with Crippen LogP contribution in [0.2, 0.25) is 0 Å². The van der Waals surface area contributed by atoms with Gasteiger partial charge in [0, 0.05) is 93.4 Å². The maximum absolute atomic E-state index is 16.0. The molecule has 0 aliphatic carbocycles. The highest BCUT2D eigenvalue weighted by molar-refractivity contribution is 6.05. The van der Waals surface area contributed by atoms with Crippen molar-refractivity contribution in [2.45, 2.75) is 70.5 Å². The fourth-order valence-electron chi connectivity index (χ4n) is 9.85. The van der Waals surface area contributed by atoms with Crippen LogP contribution < -0.4 is 15.1 Å². The van der Waals surface area contributed by atoms with Crippen molar-refractivity contribution in [1.29, 1.82) is 0 Å². The Morgan fingerprint density at radius 2 is 1.63 bits per heavy atom. The van der Waals surface area contributed by atoms with E-state index in [-0.39, 0.29) is 48.3 Å². The first-order valence-electron chi connectivity index (χ1n) is 20.4. The number of H-pyrrole nitrogens is 1. The molecule has 0 radical (unpaired) electrons. The van der Waals surface area contributed by atoms with Crippen LogP contribution in [0.15, 0.2) is 42.7 Å². The number of hydrogen-bond donors (Lipinski definition) is 3. The summed E-state index contributed by atoms with van der Waals surface area (Å²) in [5.41, 5.74) is 3.53. The molecule has 15 heteroatoms. The van der Waals surface area contributed by atoms with E-state index in [1.165, 1.54) is 4.90 Å². The van der Waals surface area contributed by atoms with Gasteiger partial charge in [0.15, 0.2) is 5.82 Å². The zero-order chi connectivity index (χ0) is 39.4. The third-order valence-electron chi connectivity index (χ3n) is 13.1. The minimum absolute atomic E-state index is 0.0421. The van der Waals surface area contributed by atoms with E-state index in [2.05, 4.69) is 58.9 Å².